The molecule has 0 saturated carbocycles. The summed E-state index contributed by atoms with van der Waals surface area (Å²) >= 11 is 5.73. The highest BCUT2D eigenvalue weighted by Gasteiger charge is 2.19. The molecule has 1 amide bonds. The summed E-state index contributed by atoms with van der Waals surface area (Å²) in [6.45, 7) is 2.70. The van der Waals surface area contributed by atoms with Crippen LogP contribution < -0.4 is 10.2 Å². The Hall–Kier alpha value is -2.11. The number of benzene rings is 2. The smallest absolute Gasteiger partial charge is 0.257 e. The van der Waals surface area contributed by atoms with E-state index in [4.69, 9.17) is 16.3 Å². The molecule has 120 valence electrons. The minimum absolute atomic E-state index is 0.108. The number of ether oxygens (including phenoxy) is 1. The molecule has 0 aliphatic carbocycles. The summed E-state index contributed by atoms with van der Waals surface area (Å²) in [5.74, 6) is -0.914. The largest absolute Gasteiger partial charge is 0.378 e. The molecular formula is C17H16ClFN2O2. The van der Waals surface area contributed by atoms with E-state index in [1.54, 1.807) is 12.1 Å². The molecule has 2 aromatic carbocycles. The Balaban J connectivity index is 1.84. The number of nitrogens with one attached hydrogen (secondary N) is 1. The quantitative estimate of drug-likeness (QED) is 0.933. The Morgan fingerprint density at radius 2 is 1.91 bits per heavy atom. The van der Waals surface area contributed by atoms with Gasteiger partial charge in [0.25, 0.3) is 5.91 Å². The summed E-state index contributed by atoms with van der Waals surface area (Å²) in [5, 5.41) is 2.89. The first-order chi connectivity index (χ1) is 11.1. The van der Waals surface area contributed by atoms with Crippen molar-refractivity contribution in [3.8, 4) is 0 Å². The van der Waals surface area contributed by atoms with Crippen LogP contribution in [0.4, 0.5) is 15.8 Å². The molecule has 0 bridgehead atoms. The second-order valence-corrected chi connectivity index (χ2v) is 5.63. The molecule has 0 radical (unpaired) electrons. The molecule has 6 heteroatoms. The van der Waals surface area contributed by atoms with Crippen molar-refractivity contribution in [3.63, 3.8) is 0 Å². The minimum Gasteiger partial charge on any atom is -0.378 e. The third-order valence-corrected chi connectivity index (χ3v) is 3.91. The van der Waals surface area contributed by atoms with E-state index in [1.807, 2.05) is 12.1 Å². The van der Waals surface area contributed by atoms with Crippen molar-refractivity contribution < 1.29 is 13.9 Å². The first-order valence-electron chi connectivity index (χ1n) is 7.33. The van der Waals surface area contributed by atoms with Gasteiger partial charge in [-0.3, -0.25) is 4.79 Å². The number of anilines is 2. The average Bonchev–Trinajstić information content (AvgIpc) is 2.58. The van der Waals surface area contributed by atoms with Gasteiger partial charge in [-0.15, -0.1) is 0 Å². The number of morpholine rings is 1. The van der Waals surface area contributed by atoms with E-state index in [-0.39, 0.29) is 16.6 Å². The van der Waals surface area contributed by atoms with Crippen LogP contribution in [0.1, 0.15) is 10.4 Å². The Morgan fingerprint density at radius 3 is 2.65 bits per heavy atom. The highest BCUT2D eigenvalue weighted by Crippen LogP contribution is 2.24. The zero-order chi connectivity index (χ0) is 16.2. The fourth-order valence-electron chi connectivity index (χ4n) is 2.53. The molecule has 23 heavy (non-hydrogen) atoms. The van der Waals surface area contributed by atoms with Gasteiger partial charge in [-0.25, -0.2) is 4.39 Å². The predicted octanol–water partition coefficient (Wildman–Crippen LogP) is 3.57. The SMILES string of the molecule is O=C(Nc1ccc(Cl)cc1F)c1ccccc1N1CCOCC1. The molecule has 2 aromatic rings. The van der Waals surface area contributed by atoms with Gasteiger partial charge in [-0.05, 0) is 30.3 Å². The molecule has 4 nitrogen and oxygen atoms in total. The molecule has 0 spiro atoms. The highest BCUT2D eigenvalue weighted by molar-refractivity contribution is 6.30. The predicted molar refractivity (Wildman–Crippen MR) is 88.8 cm³/mol. The van der Waals surface area contributed by atoms with Gasteiger partial charge in [0.1, 0.15) is 5.82 Å². The maximum atomic E-state index is 13.9. The zero-order valence-corrected chi connectivity index (χ0v) is 13.1. The molecular weight excluding hydrogens is 319 g/mol. The topological polar surface area (TPSA) is 41.6 Å². The van der Waals surface area contributed by atoms with Crippen molar-refractivity contribution in [3.05, 3.63) is 58.9 Å². The fraction of sp³-hybridized carbons (Fsp3) is 0.235. The standard InChI is InChI=1S/C17H16ClFN2O2/c18-12-5-6-15(14(19)11-12)20-17(22)13-3-1-2-4-16(13)21-7-9-23-10-8-21/h1-6,11H,7-10H2,(H,20,22). The summed E-state index contributed by atoms with van der Waals surface area (Å²) < 4.78 is 19.2. The van der Waals surface area contributed by atoms with E-state index in [1.165, 1.54) is 18.2 Å². The Morgan fingerprint density at radius 1 is 1.17 bits per heavy atom. The molecule has 0 aromatic heterocycles. The van der Waals surface area contributed by atoms with Gasteiger partial charge in [-0.1, -0.05) is 23.7 Å². The van der Waals surface area contributed by atoms with Gasteiger partial charge in [0.15, 0.2) is 0 Å². The molecule has 0 atom stereocenters. The summed E-state index contributed by atoms with van der Waals surface area (Å²) in [6.07, 6.45) is 0. The lowest BCUT2D eigenvalue weighted by Crippen LogP contribution is -2.37. The normalized spacial score (nSPS) is 14.6. The maximum absolute atomic E-state index is 13.9. The molecule has 0 unspecified atom stereocenters. The van der Waals surface area contributed by atoms with Gasteiger partial charge in [0, 0.05) is 23.8 Å². The maximum Gasteiger partial charge on any atom is 0.257 e. The minimum atomic E-state index is -0.560. The van der Waals surface area contributed by atoms with Crippen molar-refractivity contribution >= 4 is 28.9 Å². The second kappa shape index (κ2) is 6.98. The van der Waals surface area contributed by atoms with E-state index in [0.717, 1.165) is 18.8 Å². The van der Waals surface area contributed by atoms with Crippen molar-refractivity contribution in [2.75, 3.05) is 36.5 Å². The van der Waals surface area contributed by atoms with Crippen LogP contribution in [0.15, 0.2) is 42.5 Å². The van der Waals surface area contributed by atoms with Crippen molar-refractivity contribution in [2.24, 2.45) is 0 Å². The van der Waals surface area contributed by atoms with Gasteiger partial charge < -0.3 is 15.0 Å². The molecule has 1 N–H and O–H groups in total. The molecule has 1 heterocycles. The lowest BCUT2D eigenvalue weighted by Gasteiger charge is -2.30. The number of amides is 1. The Labute approximate surface area is 138 Å². The summed E-state index contributed by atoms with van der Waals surface area (Å²) in [5.41, 5.74) is 1.43. The molecule has 1 saturated heterocycles. The van der Waals surface area contributed by atoms with Gasteiger partial charge in [0.05, 0.1) is 24.5 Å². The zero-order valence-electron chi connectivity index (χ0n) is 12.4. The van der Waals surface area contributed by atoms with Crippen LogP contribution in [0, 0.1) is 5.82 Å². The van der Waals surface area contributed by atoms with Crippen molar-refractivity contribution in [1.82, 2.24) is 0 Å². The number of hydrogen-bond acceptors (Lipinski definition) is 3. The fourth-order valence-corrected chi connectivity index (χ4v) is 2.68. The van der Waals surface area contributed by atoms with Gasteiger partial charge >= 0.3 is 0 Å². The van der Waals surface area contributed by atoms with Crippen LogP contribution >= 0.6 is 11.6 Å². The third-order valence-electron chi connectivity index (χ3n) is 3.68. The first-order valence-corrected chi connectivity index (χ1v) is 7.71. The number of nitrogens with zero attached hydrogens (tertiary/aromatic N) is 1. The summed E-state index contributed by atoms with van der Waals surface area (Å²) in [7, 11) is 0. The van der Waals surface area contributed by atoms with E-state index >= 15 is 0 Å². The van der Waals surface area contributed by atoms with Crippen LogP contribution in [0.2, 0.25) is 5.02 Å². The summed E-state index contributed by atoms with van der Waals surface area (Å²) in [6, 6.07) is 11.4. The number of hydrogen-bond donors (Lipinski definition) is 1. The summed E-state index contributed by atoms with van der Waals surface area (Å²) in [4.78, 5) is 14.6. The number of halogens is 2. The Kier molecular flexibility index (Phi) is 4.79. The first kappa shape index (κ1) is 15.8. The van der Waals surface area contributed by atoms with Crippen LogP contribution in [-0.2, 0) is 4.74 Å². The monoisotopic (exact) mass is 334 g/mol. The third kappa shape index (κ3) is 3.63. The van der Waals surface area contributed by atoms with Crippen molar-refractivity contribution in [2.45, 2.75) is 0 Å². The number of para-hydroxylation sites is 1. The number of carbonyl (C=O) groups is 1. The molecule has 3 rings (SSSR count). The highest BCUT2D eigenvalue weighted by atomic mass is 35.5. The lowest BCUT2D eigenvalue weighted by molar-refractivity contribution is 0.102. The molecule has 1 aliphatic rings. The van der Waals surface area contributed by atoms with Crippen LogP contribution in [0.25, 0.3) is 0 Å². The van der Waals surface area contributed by atoms with E-state index < -0.39 is 5.82 Å². The molecule has 1 aliphatic heterocycles. The van der Waals surface area contributed by atoms with Gasteiger partial charge in [-0.2, -0.15) is 0 Å². The van der Waals surface area contributed by atoms with E-state index in [9.17, 15) is 9.18 Å². The van der Waals surface area contributed by atoms with Crippen LogP contribution in [0.5, 0.6) is 0 Å². The van der Waals surface area contributed by atoms with E-state index in [0.29, 0.717) is 18.8 Å². The van der Waals surface area contributed by atoms with E-state index in [2.05, 4.69) is 10.2 Å². The van der Waals surface area contributed by atoms with Crippen molar-refractivity contribution in [1.29, 1.82) is 0 Å². The van der Waals surface area contributed by atoms with Crippen LogP contribution in [0.3, 0.4) is 0 Å². The van der Waals surface area contributed by atoms with Crippen LogP contribution in [-0.4, -0.2) is 32.2 Å². The lowest BCUT2D eigenvalue weighted by atomic mass is 10.1. The molecule has 1 fully saturated rings. The average molecular weight is 335 g/mol. The second-order valence-electron chi connectivity index (χ2n) is 5.19. The Bertz CT molecular complexity index is 717. The number of rotatable bonds is 3. The van der Waals surface area contributed by atoms with Gasteiger partial charge in [0.2, 0.25) is 0 Å². The number of carbonyl (C=O) groups excluding carboxylic acids is 1.